The van der Waals surface area contributed by atoms with Crippen molar-refractivity contribution in [1.29, 1.82) is 0 Å². The number of Topliss-reactive ketones (excluding diaryl/α,β-unsaturated/α-hetero) is 1. The molecule has 0 saturated heterocycles. The summed E-state index contributed by atoms with van der Waals surface area (Å²) in [6.07, 6.45) is 1.54. The molecule has 0 unspecified atom stereocenters. The minimum atomic E-state index is 0.110. The van der Waals surface area contributed by atoms with E-state index in [9.17, 15) is 4.79 Å². The van der Waals surface area contributed by atoms with Crippen LogP contribution < -0.4 is 5.73 Å². The van der Waals surface area contributed by atoms with Gasteiger partial charge in [-0.1, -0.05) is 13.8 Å². The summed E-state index contributed by atoms with van der Waals surface area (Å²) in [4.78, 5) is 11.2. The lowest BCUT2D eigenvalue weighted by atomic mass is 9.76. The number of ketones is 1. The normalized spacial score (nSPS) is 24.1. The van der Waals surface area contributed by atoms with Crippen LogP contribution in [0.5, 0.6) is 0 Å². The van der Waals surface area contributed by atoms with Crippen molar-refractivity contribution in [2.45, 2.75) is 33.6 Å². The molecule has 1 aliphatic rings. The van der Waals surface area contributed by atoms with Gasteiger partial charge in [0.05, 0.1) is 5.70 Å². The maximum Gasteiger partial charge on any atom is 0.178 e. The summed E-state index contributed by atoms with van der Waals surface area (Å²) in [5.74, 6) is 0.110. The molecular formula is C9H15NO. The minimum absolute atomic E-state index is 0.110. The van der Waals surface area contributed by atoms with Gasteiger partial charge in [-0.25, -0.2) is 0 Å². The molecule has 0 amide bonds. The van der Waals surface area contributed by atoms with Gasteiger partial charge in [0.1, 0.15) is 0 Å². The first-order valence-electron chi connectivity index (χ1n) is 3.91. The van der Waals surface area contributed by atoms with Crippen LogP contribution in [0, 0.1) is 5.41 Å². The molecule has 1 rings (SSSR count). The van der Waals surface area contributed by atoms with Crippen molar-refractivity contribution in [3.8, 4) is 0 Å². The van der Waals surface area contributed by atoms with Crippen LogP contribution in [0.1, 0.15) is 33.6 Å². The third-order valence-electron chi connectivity index (χ3n) is 2.14. The summed E-state index contributed by atoms with van der Waals surface area (Å²) in [6, 6.07) is 0. The van der Waals surface area contributed by atoms with E-state index >= 15 is 0 Å². The van der Waals surface area contributed by atoms with Gasteiger partial charge >= 0.3 is 0 Å². The van der Waals surface area contributed by atoms with E-state index in [0.29, 0.717) is 12.1 Å². The molecule has 0 saturated carbocycles. The van der Waals surface area contributed by atoms with Gasteiger partial charge in [-0.05, 0) is 24.3 Å². The van der Waals surface area contributed by atoms with E-state index in [0.717, 1.165) is 12.0 Å². The minimum Gasteiger partial charge on any atom is -0.396 e. The summed E-state index contributed by atoms with van der Waals surface area (Å²) in [6.45, 7) is 6.13. The monoisotopic (exact) mass is 153 g/mol. The first-order valence-corrected chi connectivity index (χ1v) is 3.91. The molecule has 0 heterocycles. The second kappa shape index (κ2) is 2.36. The van der Waals surface area contributed by atoms with Crippen molar-refractivity contribution < 1.29 is 4.79 Å². The first-order chi connectivity index (χ1) is 4.92. The molecule has 0 aromatic carbocycles. The smallest absolute Gasteiger partial charge is 0.178 e. The SMILES string of the molecule is CC1=C(N)C(=O)CC(C)(C)C1. The third kappa shape index (κ3) is 1.62. The van der Waals surface area contributed by atoms with Crippen LogP contribution in [0.3, 0.4) is 0 Å². The molecule has 11 heavy (non-hydrogen) atoms. The van der Waals surface area contributed by atoms with Crippen LogP contribution in [0.15, 0.2) is 11.3 Å². The lowest BCUT2D eigenvalue weighted by Crippen LogP contribution is -2.28. The number of hydrogen-bond acceptors (Lipinski definition) is 2. The zero-order valence-electron chi connectivity index (χ0n) is 7.40. The number of hydrogen-bond donors (Lipinski definition) is 1. The average molecular weight is 153 g/mol. The van der Waals surface area contributed by atoms with Crippen molar-refractivity contribution in [3.05, 3.63) is 11.3 Å². The lowest BCUT2D eigenvalue weighted by molar-refractivity contribution is -0.118. The van der Waals surface area contributed by atoms with Crippen LogP contribution in [0.4, 0.5) is 0 Å². The molecule has 0 spiro atoms. The molecule has 2 N–H and O–H groups in total. The second-order valence-corrected chi connectivity index (χ2v) is 4.13. The van der Waals surface area contributed by atoms with Crippen molar-refractivity contribution in [2.24, 2.45) is 11.1 Å². The fraction of sp³-hybridized carbons (Fsp3) is 0.667. The summed E-state index contributed by atoms with van der Waals surface area (Å²) < 4.78 is 0. The Morgan fingerprint density at radius 1 is 1.36 bits per heavy atom. The Hall–Kier alpha value is -0.790. The highest BCUT2D eigenvalue weighted by Gasteiger charge is 2.29. The highest BCUT2D eigenvalue weighted by atomic mass is 16.1. The van der Waals surface area contributed by atoms with Crippen molar-refractivity contribution >= 4 is 5.78 Å². The van der Waals surface area contributed by atoms with Crippen LogP contribution in [0.2, 0.25) is 0 Å². The number of carbonyl (C=O) groups excluding carboxylic acids is 1. The van der Waals surface area contributed by atoms with Crippen LogP contribution >= 0.6 is 0 Å². The second-order valence-electron chi connectivity index (χ2n) is 4.13. The molecule has 0 bridgehead atoms. The van der Waals surface area contributed by atoms with Gasteiger partial charge in [0.15, 0.2) is 5.78 Å². The molecule has 2 heteroatoms. The predicted molar refractivity (Wildman–Crippen MR) is 44.9 cm³/mol. The van der Waals surface area contributed by atoms with E-state index in [-0.39, 0.29) is 11.2 Å². The number of carbonyl (C=O) groups is 1. The lowest BCUT2D eigenvalue weighted by Gasteiger charge is -2.29. The zero-order chi connectivity index (χ0) is 8.65. The largest absolute Gasteiger partial charge is 0.396 e. The molecule has 2 nitrogen and oxygen atoms in total. The molecular weight excluding hydrogens is 138 g/mol. The maximum absolute atomic E-state index is 11.2. The standard InChI is InChI=1S/C9H15NO/c1-6-4-9(2,3)5-7(11)8(6)10/h4-5,10H2,1-3H3. The summed E-state index contributed by atoms with van der Waals surface area (Å²) in [7, 11) is 0. The topological polar surface area (TPSA) is 43.1 Å². The van der Waals surface area contributed by atoms with Crippen LogP contribution in [0.25, 0.3) is 0 Å². The maximum atomic E-state index is 11.2. The molecule has 62 valence electrons. The molecule has 0 aliphatic heterocycles. The van der Waals surface area contributed by atoms with E-state index in [1.807, 2.05) is 6.92 Å². The van der Waals surface area contributed by atoms with Crippen molar-refractivity contribution in [1.82, 2.24) is 0 Å². The van der Waals surface area contributed by atoms with Gasteiger partial charge in [-0.3, -0.25) is 4.79 Å². The Morgan fingerprint density at radius 3 is 2.36 bits per heavy atom. The van der Waals surface area contributed by atoms with Gasteiger partial charge in [-0.2, -0.15) is 0 Å². The molecule has 1 aliphatic carbocycles. The zero-order valence-corrected chi connectivity index (χ0v) is 7.40. The van der Waals surface area contributed by atoms with Crippen molar-refractivity contribution in [2.75, 3.05) is 0 Å². The van der Waals surface area contributed by atoms with E-state index in [1.54, 1.807) is 0 Å². The Kier molecular flexibility index (Phi) is 1.78. The van der Waals surface area contributed by atoms with E-state index < -0.39 is 0 Å². The Morgan fingerprint density at radius 2 is 1.91 bits per heavy atom. The van der Waals surface area contributed by atoms with E-state index in [4.69, 9.17) is 5.73 Å². The molecule has 0 fully saturated rings. The molecule has 0 atom stereocenters. The van der Waals surface area contributed by atoms with E-state index in [2.05, 4.69) is 13.8 Å². The number of allylic oxidation sites excluding steroid dienone is 2. The highest BCUT2D eigenvalue weighted by Crippen LogP contribution is 2.34. The van der Waals surface area contributed by atoms with Crippen LogP contribution in [-0.2, 0) is 4.79 Å². The van der Waals surface area contributed by atoms with Gasteiger partial charge in [0, 0.05) is 6.42 Å². The van der Waals surface area contributed by atoms with Crippen molar-refractivity contribution in [3.63, 3.8) is 0 Å². The Balaban J connectivity index is 2.94. The van der Waals surface area contributed by atoms with Gasteiger partial charge < -0.3 is 5.73 Å². The van der Waals surface area contributed by atoms with Gasteiger partial charge in [0.2, 0.25) is 0 Å². The number of nitrogens with two attached hydrogens (primary N) is 1. The van der Waals surface area contributed by atoms with Gasteiger partial charge in [-0.15, -0.1) is 0 Å². The Labute approximate surface area is 67.5 Å². The predicted octanol–water partition coefficient (Wildman–Crippen LogP) is 1.61. The molecule has 0 aromatic rings. The average Bonchev–Trinajstić information content (AvgIpc) is 1.81. The summed E-state index contributed by atoms with van der Waals surface area (Å²) >= 11 is 0. The first kappa shape index (κ1) is 8.31. The van der Waals surface area contributed by atoms with E-state index in [1.165, 1.54) is 0 Å². The van der Waals surface area contributed by atoms with Crippen LogP contribution in [-0.4, -0.2) is 5.78 Å². The molecule has 0 radical (unpaired) electrons. The fourth-order valence-electron chi connectivity index (χ4n) is 1.64. The molecule has 0 aromatic heterocycles. The third-order valence-corrected chi connectivity index (χ3v) is 2.14. The van der Waals surface area contributed by atoms with Gasteiger partial charge in [0.25, 0.3) is 0 Å². The highest BCUT2D eigenvalue weighted by molar-refractivity contribution is 5.96. The quantitative estimate of drug-likeness (QED) is 0.574. The fourth-order valence-corrected chi connectivity index (χ4v) is 1.64. The Bertz CT molecular complexity index is 226. The summed E-state index contributed by atoms with van der Waals surface area (Å²) in [5, 5.41) is 0. The summed E-state index contributed by atoms with van der Waals surface area (Å²) in [5.41, 5.74) is 7.23. The number of rotatable bonds is 0.